The van der Waals surface area contributed by atoms with Crippen LogP contribution in [0.15, 0.2) is 42.9 Å². The minimum atomic E-state index is -4.57. The van der Waals surface area contributed by atoms with Gasteiger partial charge in [0.05, 0.1) is 17.5 Å². The fourth-order valence-electron chi connectivity index (χ4n) is 4.46. The Labute approximate surface area is 205 Å². The van der Waals surface area contributed by atoms with Crippen molar-refractivity contribution in [1.29, 1.82) is 0 Å². The van der Waals surface area contributed by atoms with E-state index in [1.165, 1.54) is 16.7 Å². The van der Waals surface area contributed by atoms with E-state index in [1.54, 1.807) is 31.5 Å². The summed E-state index contributed by atoms with van der Waals surface area (Å²) in [6, 6.07) is 6.04. The number of nitrogens with one attached hydrogen (secondary N) is 1. The van der Waals surface area contributed by atoms with Gasteiger partial charge in [0.1, 0.15) is 17.1 Å². The van der Waals surface area contributed by atoms with E-state index in [0.29, 0.717) is 46.0 Å². The van der Waals surface area contributed by atoms with E-state index in [0.717, 1.165) is 25.7 Å². The molecule has 0 saturated carbocycles. The van der Waals surface area contributed by atoms with Crippen LogP contribution in [0, 0.1) is 12.8 Å². The Morgan fingerprint density at radius 2 is 1.92 bits per heavy atom. The van der Waals surface area contributed by atoms with Gasteiger partial charge in [0.15, 0.2) is 0 Å². The predicted molar refractivity (Wildman–Crippen MR) is 130 cm³/mol. The molecule has 4 aromatic rings. The number of phenols is 1. The van der Waals surface area contributed by atoms with Gasteiger partial charge in [-0.2, -0.15) is 13.2 Å². The number of aromatic nitrogens is 5. The number of benzene rings is 1. The molecule has 188 valence electrons. The molecule has 0 radical (unpaired) electrons. The third kappa shape index (κ3) is 4.58. The van der Waals surface area contributed by atoms with Crippen LogP contribution in [0.1, 0.15) is 25.1 Å². The highest BCUT2D eigenvalue weighted by molar-refractivity contribution is 5.75. The van der Waals surface area contributed by atoms with Gasteiger partial charge in [-0.05, 0) is 42.2 Å². The average Bonchev–Trinajstić information content (AvgIpc) is 3.23. The molecule has 2 N–H and O–H groups in total. The molecule has 0 spiro atoms. The van der Waals surface area contributed by atoms with Crippen molar-refractivity contribution >= 4 is 11.6 Å². The number of aromatic hydroxyl groups is 1. The second-order valence-corrected chi connectivity index (χ2v) is 9.38. The molecular weight excluding hydrogens is 471 g/mol. The zero-order valence-corrected chi connectivity index (χ0v) is 20.1. The summed E-state index contributed by atoms with van der Waals surface area (Å²) in [6.07, 6.45) is 0.0746. The number of halogens is 3. The third-order valence-electron chi connectivity index (χ3n) is 6.43. The quantitative estimate of drug-likeness (QED) is 0.434. The summed E-state index contributed by atoms with van der Waals surface area (Å²) in [6.45, 7) is 8.34. The zero-order chi connectivity index (χ0) is 25.6. The Bertz CT molecular complexity index is 1400. The highest BCUT2D eigenvalue weighted by Crippen LogP contribution is 2.37. The number of fused-ring (bicyclic) bond motifs is 1. The second kappa shape index (κ2) is 9.05. The number of alkyl halides is 3. The molecule has 1 aliphatic rings. The van der Waals surface area contributed by atoms with Gasteiger partial charge in [-0.1, -0.05) is 19.9 Å². The normalized spacial score (nSPS) is 16.8. The van der Waals surface area contributed by atoms with Crippen LogP contribution in [0.5, 0.6) is 5.75 Å². The van der Waals surface area contributed by atoms with Crippen molar-refractivity contribution in [3.63, 3.8) is 0 Å². The topological polar surface area (TPSA) is 91.5 Å². The smallest absolute Gasteiger partial charge is 0.420 e. The summed E-state index contributed by atoms with van der Waals surface area (Å²) in [4.78, 5) is 10.5. The molecule has 11 heteroatoms. The minimum absolute atomic E-state index is 0.131. The number of phenolic OH excluding ortho intramolecular Hbond substituents is 1. The first-order valence-corrected chi connectivity index (χ1v) is 11.7. The number of anilines is 1. The molecule has 4 heterocycles. The summed E-state index contributed by atoms with van der Waals surface area (Å²) in [5.74, 6) is 0.862. The van der Waals surface area contributed by atoms with Gasteiger partial charge in [-0.3, -0.25) is 0 Å². The molecule has 1 aromatic carbocycles. The summed E-state index contributed by atoms with van der Waals surface area (Å²) in [5.41, 5.74) is 0.965. The van der Waals surface area contributed by atoms with Crippen molar-refractivity contribution in [2.75, 3.05) is 24.5 Å². The van der Waals surface area contributed by atoms with Crippen molar-refractivity contribution in [2.24, 2.45) is 5.92 Å². The van der Waals surface area contributed by atoms with Gasteiger partial charge < -0.3 is 19.7 Å². The molecule has 0 aliphatic carbocycles. The van der Waals surface area contributed by atoms with E-state index >= 15 is 0 Å². The summed E-state index contributed by atoms with van der Waals surface area (Å²) < 4.78 is 42.4. The maximum atomic E-state index is 13.7. The fourth-order valence-corrected chi connectivity index (χ4v) is 4.46. The largest absolute Gasteiger partial charge is 0.507 e. The molecular formula is C25H26F3N7O. The Balaban J connectivity index is 1.43. The minimum Gasteiger partial charge on any atom is -0.507 e. The Morgan fingerprint density at radius 3 is 2.58 bits per heavy atom. The molecule has 1 fully saturated rings. The lowest BCUT2D eigenvalue weighted by Crippen LogP contribution is -2.53. The first-order valence-electron chi connectivity index (χ1n) is 11.7. The number of imidazole rings is 1. The molecule has 8 nitrogen and oxygen atoms in total. The van der Waals surface area contributed by atoms with Crippen LogP contribution in [0.3, 0.4) is 0 Å². The lowest BCUT2D eigenvalue weighted by molar-refractivity contribution is -0.136. The molecule has 1 aliphatic heterocycles. The third-order valence-corrected chi connectivity index (χ3v) is 6.43. The number of nitrogens with zero attached hydrogens (tertiary/aromatic N) is 6. The molecule has 1 atom stereocenters. The SMILES string of the molecule is Cc1cn2cc(-c3ccc(-c4cnc(N5CCN[C@@H](C(C)C)C5)nn4)c(O)c3)cc(C(F)(F)F)c2n1. The maximum Gasteiger partial charge on any atom is 0.420 e. The first kappa shape index (κ1) is 24.0. The van der Waals surface area contributed by atoms with Crippen LogP contribution in [0.25, 0.3) is 28.0 Å². The highest BCUT2D eigenvalue weighted by atomic mass is 19.4. The second-order valence-electron chi connectivity index (χ2n) is 9.38. The van der Waals surface area contributed by atoms with Gasteiger partial charge in [0.2, 0.25) is 5.95 Å². The number of hydrogen-bond donors (Lipinski definition) is 2. The molecule has 36 heavy (non-hydrogen) atoms. The standard InChI is InChI=1S/C25H26F3N7O/c1-14(2)21-13-34(7-6-29-21)24-30-10-20(32-33-24)18-5-4-16(9-22(18)36)17-8-19(25(26,27)28)23-31-15(3)11-35(23)12-17/h4-5,8-12,14,21,29,36H,6-7,13H2,1-3H3/t21-/m1/s1. The number of pyridine rings is 1. The Morgan fingerprint density at radius 1 is 1.11 bits per heavy atom. The lowest BCUT2D eigenvalue weighted by Gasteiger charge is -2.35. The van der Waals surface area contributed by atoms with E-state index in [9.17, 15) is 18.3 Å². The van der Waals surface area contributed by atoms with Gasteiger partial charge in [0.25, 0.3) is 0 Å². The van der Waals surface area contributed by atoms with E-state index in [1.807, 2.05) is 0 Å². The van der Waals surface area contributed by atoms with Crippen LogP contribution in [-0.2, 0) is 6.18 Å². The predicted octanol–water partition coefficient (Wildman–Crippen LogP) is 4.32. The van der Waals surface area contributed by atoms with Crippen molar-refractivity contribution in [3.05, 3.63) is 54.1 Å². The highest BCUT2D eigenvalue weighted by Gasteiger charge is 2.34. The molecule has 1 saturated heterocycles. The number of hydrogen-bond acceptors (Lipinski definition) is 7. The first-order chi connectivity index (χ1) is 17.1. The van der Waals surface area contributed by atoms with Gasteiger partial charge >= 0.3 is 6.18 Å². The van der Waals surface area contributed by atoms with Gasteiger partial charge in [-0.25, -0.2) is 9.97 Å². The molecule has 5 rings (SSSR count). The van der Waals surface area contributed by atoms with Crippen molar-refractivity contribution in [1.82, 2.24) is 29.9 Å². The Hall–Kier alpha value is -3.73. The summed E-state index contributed by atoms with van der Waals surface area (Å²) in [7, 11) is 0. The number of rotatable bonds is 4. The van der Waals surface area contributed by atoms with Gasteiger partial charge in [0, 0.05) is 43.6 Å². The van der Waals surface area contributed by atoms with Crippen LogP contribution in [0.4, 0.5) is 19.1 Å². The van der Waals surface area contributed by atoms with E-state index in [4.69, 9.17) is 0 Å². The van der Waals surface area contributed by atoms with E-state index in [-0.39, 0.29) is 11.4 Å². The maximum absolute atomic E-state index is 13.7. The zero-order valence-electron chi connectivity index (χ0n) is 20.1. The van der Waals surface area contributed by atoms with Crippen molar-refractivity contribution in [2.45, 2.75) is 33.0 Å². The lowest BCUT2D eigenvalue weighted by atomic mass is 10.0. The van der Waals surface area contributed by atoms with E-state index < -0.39 is 11.7 Å². The number of piperazine rings is 1. The van der Waals surface area contributed by atoms with Gasteiger partial charge in [-0.15, -0.1) is 10.2 Å². The van der Waals surface area contributed by atoms with Crippen LogP contribution in [-0.4, -0.2) is 55.3 Å². The molecule has 0 amide bonds. The van der Waals surface area contributed by atoms with E-state index in [2.05, 4.69) is 44.2 Å². The average molecular weight is 498 g/mol. The number of aryl methyl sites for hydroxylation is 1. The van der Waals surface area contributed by atoms with Crippen LogP contribution >= 0.6 is 0 Å². The Kier molecular flexibility index (Phi) is 6.03. The fraction of sp³-hybridized carbons (Fsp3) is 0.360. The molecule has 0 bridgehead atoms. The summed E-state index contributed by atoms with van der Waals surface area (Å²) >= 11 is 0. The van der Waals surface area contributed by atoms with Crippen molar-refractivity contribution in [3.8, 4) is 28.1 Å². The molecule has 3 aromatic heterocycles. The van der Waals surface area contributed by atoms with Crippen LogP contribution < -0.4 is 10.2 Å². The molecule has 0 unspecified atom stereocenters. The summed E-state index contributed by atoms with van der Waals surface area (Å²) in [5, 5.41) is 22.7. The van der Waals surface area contributed by atoms with Crippen LogP contribution in [0.2, 0.25) is 0 Å². The monoisotopic (exact) mass is 497 g/mol. The van der Waals surface area contributed by atoms with Crippen molar-refractivity contribution < 1.29 is 18.3 Å².